The van der Waals surface area contributed by atoms with E-state index in [0.29, 0.717) is 32.3 Å². The Morgan fingerprint density at radius 3 is 2.71 bits per heavy atom. The van der Waals surface area contributed by atoms with Crippen LogP contribution in [0.5, 0.6) is 5.75 Å². The van der Waals surface area contributed by atoms with Gasteiger partial charge >= 0.3 is 5.97 Å². The lowest BCUT2D eigenvalue weighted by molar-refractivity contribution is -0.143. The standard InChI is InChI=1S/C19H25NO4/c1-5-24-18(23)7-6-8-20-16-10-17(22)14(12-21)9-15(16)13(2)11-19(20,3)4/h9-12,22H,5-8H2,1-4H3. The molecular weight excluding hydrogens is 306 g/mol. The lowest BCUT2D eigenvalue weighted by Crippen LogP contribution is -2.45. The van der Waals surface area contributed by atoms with Crippen molar-refractivity contribution >= 4 is 23.5 Å². The van der Waals surface area contributed by atoms with E-state index in [-0.39, 0.29) is 22.8 Å². The monoisotopic (exact) mass is 331 g/mol. The van der Waals surface area contributed by atoms with Gasteiger partial charge in [0.15, 0.2) is 6.29 Å². The van der Waals surface area contributed by atoms with Crippen LogP contribution in [0.4, 0.5) is 5.69 Å². The van der Waals surface area contributed by atoms with Gasteiger partial charge in [0.1, 0.15) is 5.75 Å². The number of benzene rings is 1. The van der Waals surface area contributed by atoms with Crippen LogP contribution in [0.1, 0.15) is 56.5 Å². The summed E-state index contributed by atoms with van der Waals surface area (Å²) in [6.07, 6.45) is 3.82. The van der Waals surface area contributed by atoms with E-state index in [1.54, 1.807) is 19.1 Å². The van der Waals surface area contributed by atoms with E-state index >= 15 is 0 Å². The summed E-state index contributed by atoms with van der Waals surface area (Å²) < 4.78 is 4.97. The van der Waals surface area contributed by atoms with Crippen molar-refractivity contribution in [1.82, 2.24) is 0 Å². The van der Waals surface area contributed by atoms with Crippen LogP contribution < -0.4 is 4.90 Å². The van der Waals surface area contributed by atoms with Gasteiger partial charge in [0.2, 0.25) is 0 Å². The molecule has 0 unspecified atom stereocenters. The van der Waals surface area contributed by atoms with Crippen LogP contribution in [0.15, 0.2) is 18.2 Å². The SMILES string of the molecule is CCOC(=O)CCCN1c2cc(O)c(C=O)cc2C(C)=CC1(C)C. The maximum Gasteiger partial charge on any atom is 0.305 e. The van der Waals surface area contributed by atoms with Crippen molar-refractivity contribution in [2.45, 2.75) is 46.1 Å². The lowest BCUT2D eigenvalue weighted by atomic mass is 9.87. The quantitative estimate of drug-likeness (QED) is 0.638. The zero-order chi connectivity index (χ0) is 17.9. The first-order valence-corrected chi connectivity index (χ1v) is 8.25. The average molecular weight is 331 g/mol. The largest absolute Gasteiger partial charge is 0.507 e. The van der Waals surface area contributed by atoms with E-state index in [1.807, 2.05) is 6.92 Å². The number of anilines is 1. The summed E-state index contributed by atoms with van der Waals surface area (Å²) in [6.45, 7) is 9.03. The molecule has 24 heavy (non-hydrogen) atoms. The number of nitrogens with zero attached hydrogens (tertiary/aromatic N) is 1. The number of aldehydes is 1. The first-order valence-electron chi connectivity index (χ1n) is 8.25. The summed E-state index contributed by atoms with van der Waals surface area (Å²) in [7, 11) is 0. The van der Waals surface area contributed by atoms with Gasteiger partial charge in [0.25, 0.3) is 0 Å². The maximum absolute atomic E-state index is 11.5. The molecule has 1 aromatic carbocycles. The number of phenols is 1. The smallest absolute Gasteiger partial charge is 0.305 e. The van der Waals surface area contributed by atoms with Gasteiger partial charge in [-0.05, 0) is 45.8 Å². The molecule has 2 rings (SSSR count). The van der Waals surface area contributed by atoms with E-state index in [2.05, 4.69) is 24.8 Å². The molecule has 0 aliphatic carbocycles. The molecule has 1 heterocycles. The Bertz CT molecular complexity index is 676. The average Bonchev–Trinajstić information content (AvgIpc) is 2.49. The summed E-state index contributed by atoms with van der Waals surface area (Å²) in [5, 5.41) is 10.1. The second-order valence-corrected chi connectivity index (χ2v) is 6.59. The van der Waals surface area contributed by atoms with Crippen LogP contribution in [0, 0.1) is 0 Å². The first kappa shape index (κ1) is 18.0. The van der Waals surface area contributed by atoms with Gasteiger partial charge < -0.3 is 14.7 Å². The summed E-state index contributed by atoms with van der Waals surface area (Å²) in [6, 6.07) is 3.36. The van der Waals surface area contributed by atoms with Crippen molar-refractivity contribution in [2.24, 2.45) is 0 Å². The van der Waals surface area contributed by atoms with Gasteiger partial charge in [-0.3, -0.25) is 9.59 Å². The summed E-state index contributed by atoms with van der Waals surface area (Å²) in [5.41, 5.74) is 2.92. The zero-order valence-corrected chi connectivity index (χ0v) is 14.8. The summed E-state index contributed by atoms with van der Waals surface area (Å²) in [4.78, 5) is 24.8. The molecule has 1 N–H and O–H groups in total. The van der Waals surface area contributed by atoms with Crippen LogP contribution in [0.25, 0.3) is 5.57 Å². The molecule has 0 spiro atoms. The summed E-state index contributed by atoms with van der Waals surface area (Å²) >= 11 is 0. The second-order valence-electron chi connectivity index (χ2n) is 6.59. The lowest BCUT2D eigenvalue weighted by Gasteiger charge is -2.43. The van der Waals surface area contributed by atoms with Crippen molar-refractivity contribution in [3.8, 4) is 5.75 Å². The van der Waals surface area contributed by atoms with Gasteiger partial charge in [-0.15, -0.1) is 0 Å². The second kappa shape index (κ2) is 7.07. The van der Waals surface area contributed by atoms with Gasteiger partial charge in [-0.25, -0.2) is 0 Å². The number of carbonyl (C=O) groups excluding carboxylic acids is 2. The highest BCUT2D eigenvalue weighted by atomic mass is 16.5. The van der Waals surface area contributed by atoms with E-state index in [1.165, 1.54) is 0 Å². The van der Waals surface area contributed by atoms with Crippen LogP contribution in [0.3, 0.4) is 0 Å². The van der Waals surface area contributed by atoms with Gasteiger partial charge in [-0.2, -0.15) is 0 Å². The minimum absolute atomic E-state index is 0.0235. The number of fused-ring (bicyclic) bond motifs is 1. The third-order valence-corrected chi connectivity index (χ3v) is 4.32. The summed E-state index contributed by atoms with van der Waals surface area (Å²) in [5.74, 6) is -0.219. The number of phenolic OH excluding ortho intramolecular Hbond substituents is 1. The van der Waals surface area contributed by atoms with Crippen molar-refractivity contribution in [3.05, 3.63) is 29.3 Å². The topological polar surface area (TPSA) is 66.8 Å². The molecule has 0 saturated heterocycles. The fraction of sp³-hybridized carbons (Fsp3) is 0.474. The highest BCUT2D eigenvalue weighted by Crippen LogP contribution is 2.41. The first-order chi connectivity index (χ1) is 11.3. The molecule has 0 amide bonds. The number of esters is 1. The minimum Gasteiger partial charge on any atom is -0.507 e. The zero-order valence-electron chi connectivity index (χ0n) is 14.8. The van der Waals surface area contributed by atoms with Gasteiger partial charge in [0, 0.05) is 30.3 Å². The Kier molecular flexibility index (Phi) is 5.32. The Balaban J connectivity index is 2.29. The van der Waals surface area contributed by atoms with Crippen molar-refractivity contribution < 1.29 is 19.4 Å². The van der Waals surface area contributed by atoms with Gasteiger partial charge in [0.05, 0.1) is 17.7 Å². The molecule has 0 fully saturated rings. The molecule has 0 bridgehead atoms. The number of hydrogen-bond donors (Lipinski definition) is 1. The van der Waals surface area contributed by atoms with E-state index in [9.17, 15) is 14.7 Å². The number of allylic oxidation sites excluding steroid dienone is 1. The van der Waals surface area contributed by atoms with Crippen LogP contribution in [-0.4, -0.2) is 36.1 Å². The van der Waals surface area contributed by atoms with Gasteiger partial charge in [-0.1, -0.05) is 6.08 Å². The molecule has 0 aromatic heterocycles. The molecule has 1 aliphatic heterocycles. The number of rotatable bonds is 6. The molecule has 5 nitrogen and oxygen atoms in total. The molecule has 0 saturated carbocycles. The van der Waals surface area contributed by atoms with Crippen molar-refractivity contribution in [1.29, 1.82) is 0 Å². The highest BCUT2D eigenvalue weighted by Gasteiger charge is 2.31. The van der Waals surface area contributed by atoms with Crippen LogP contribution >= 0.6 is 0 Å². The van der Waals surface area contributed by atoms with E-state index < -0.39 is 0 Å². The van der Waals surface area contributed by atoms with Crippen molar-refractivity contribution in [2.75, 3.05) is 18.1 Å². The Morgan fingerprint density at radius 1 is 1.38 bits per heavy atom. The highest BCUT2D eigenvalue weighted by molar-refractivity contribution is 5.89. The molecule has 0 atom stereocenters. The minimum atomic E-state index is -0.249. The predicted octanol–water partition coefficient (Wildman–Crippen LogP) is 3.55. The molecule has 1 aliphatic rings. The van der Waals surface area contributed by atoms with Crippen LogP contribution in [0.2, 0.25) is 0 Å². The fourth-order valence-corrected chi connectivity index (χ4v) is 3.25. The third kappa shape index (κ3) is 3.61. The number of ether oxygens (including phenoxy) is 1. The molecule has 1 aromatic rings. The molecule has 0 radical (unpaired) electrons. The predicted molar refractivity (Wildman–Crippen MR) is 94.4 cm³/mol. The van der Waals surface area contributed by atoms with Crippen molar-refractivity contribution in [3.63, 3.8) is 0 Å². The fourth-order valence-electron chi connectivity index (χ4n) is 3.25. The Morgan fingerprint density at radius 2 is 2.08 bits per heavy atom. The molecular formula is C19H25NO4. The maximum atomic E-state index is 11.5. The Labute approximate surface area is 142 Å². The van der Waals surface area contributed by atoms with Crippen LogP contribution in [-0.2, 0) is 9.53 Å². The van der Waals surface area contributed by atoms with E-state index in [4.69, 9.17) is 4.74 Å². The number of aromatic hydroxyl groups is 1. The molecule has 5 heteroatoms. The number of carbonyl (C=O) groups is 2. The Hall–Kier alpha value is -2.30. The third-order valence-electron chi connectivity index (χ3n) is 4.32. The molecule has 130 valence electrons. The number of hydrogen-bond acceptors (Lipinski definition) is 5. The normalized spacial score (nSPS) is 15.5. The van der Waals surface area contributed by atoms with E-state index in [0.717, 1.165) is 16.8 Å².